The summed E-state index contributed by atoms with van der Waals surface area (Å²) < 4.78 is 19.9. The van der Waals surface area contributed by atoms with E-state index in [-0.39, 0.29) is 24.6 Å². The molecule has 1 aromatic carbocycles. The van der Waals surface area contributed by atoms with E-state index in [1.165, 1.54) is 30.2 Å². The highest BCUT2D eigenvalue weighted by Crippen LogP contribution is 2.36. The second-order valence-corrected chi connectivity index (χ2v) is 8.08. The summed E-state index contributed by atoms with van der Waals surface area (Å²) in [5, 5.41) is 2.68. The maximum Gasteiger partial charge on any atom is 0.415 e. The molecule has 2 fully saturated rings. The second kappa shape index (κ2) is 7.37. The van der Waals surface area contributed by atoms with Crippen LogP contribution in [0.2, 0.25) is 0 Å². The van der Waals surface area contributed by atoms with E-state index in [0.717, 1.165) is 17.8 Å². The molecule has 1 amide bonds. The zero-order valence-corrected chi connectivity index (χ0v) is 15.6. The molecule has 26 heavy (non-hydrogen) atoms. The van der Waals surface area contributed by atoms with E-state index in [4.69, 9.17) is 4.74 Å². The lowest BCUT2D eigenvalue weighted by molar-refractivity contribution is 0.0315. The monoisotopic (exact) mass is 374 g/mol. The van der Waals surface area contributed by atoms with Crippen LogP contribution < -0.4 is 4.90 Å². The van der Waals surface area contributed by atoms with Crippen LogP contribution in [0.4, 0.5) is 14.2 Å². The molecular weight excluding hydrogens is 351 g/mol. The molecular formula is C20H23FN2O2S. The summed E-state index contributed by atoms with van der Waals surface area (Å²) in [6, 6.07) is 11.3. The summed E-state index contributed by atoms with van der Waals surface area (Å²) in [5.74, 6) is -0.306. The molecule has 2 aliphatic heterocycles. The van der Waals surface area contributed by atoms with Crippen molar-refractivity contribution in [1.82, 2.24) is 4.90 Å². The number of anilines is 1. The van der Waals surface area contributed by atoms with E-state index >= 15 is 0 Å². The number of hydrogen-bond acceptors (Lipinski definition) is 4. The van der Waals surface area contributed by atoms with Gasteiger partial charge in [0.2, 0.25) is 0 Å². The fourth-order valence-electron chi connectivity index (χ4n) is 4.12. The highest BCUT2D eigenvalue weighted by atomic mass is 32.1. The van der Waals surface area contributed by atoms with Gasteiger partial charge in [0.25, 0.3) is 0 Å². The zero-order chi connectivity index (χ0) is 18.1. The number of thiophene rings is 1. The Morgan fingerprint density at radius 3 is 2.62 bits per heavy atom. The van der Waals surface area contributed by atoms with Gasteiger partial charge in [0.15, 0.2) is 0 Å². The number of amides is 1. The quantitative estimate of drug-likeness (QED) is 0.781. The predicted octanol–water partition coefficient (Wildman–Crippen LogP) is 4.66. The Morgan fingerprint density at radius 1 is 1.23 bits per heavy atom. The number of nitrogens with zero attached hydrogens (tertiary/aromatic N) is 2. The van der Waals surface area contributed by atoms with Gasteiger partial charge in [-0.05, 0) is 43.5 Å². The third-order valence-corrected chi connectivity index (χ3v) is 6.49. The van der Waals surface area contributed by atoms with Gasteiger partial charge in [-0.15, -0.1) is 11.3 Å². The molecule has 2 aliphatic rings. The van der Waals surface area contributed by atoms with Crippen molar-refractivity contribution in [2.24, 2.45) is 0 Å². The van der Waals surface area contributed by atoms with Gasteiger partial charge in [-0.1, -0.05) is 18.2 Å². The molecule has 3 atom stereocenters. The Morgan fingerprint density at radius 2 is 1.96 bits per heavy atom. The van der Waals surface area contributed by atoms with Crippen LogP contribution in [0.15, 0.2) is 41.8 Å². The van der Waals surface area contributed by atoms with Gasteiger partial charge in [0.1, 0.15) is 16.9 Å². The molecule has 6 heteroatoms. The smallest absolute Gasteiger partial charge is 0.415 e. The van der Waals surface area contributed by atoms with Gasteiger partial charge in [0.05, 0.1) is 6.54 Å². The second-order valence-electron chi connectivity index (χ2n) is 7.16. The van der Waals surface area contributed by atoms with E-state index in [2.05, 4.69) is 11.9 Å². The van der Waals surface area contributed by atoms with Gasteiger partial charge in [0, 0.05) is 30.5 Å². The molecule has 4 rings (SSSR count). The van der Waals surface area contributed by atoms with E-state index in [0.29, 0.717) is 17.6 Å². The largest absolute Gasteiger partial charge is 0.446 e. The first kappa shape index (κ1) is 17.5. The summed E-state index contributed by atoms with van der Waals surface area (Å²) in [7, 11) is 2.16. The van der Waals surface area contributed by atoms with E-state index in [1.807, 2.05) is 17.5 Å². The van der Waals surface area contributed by atoms with Crippen molar-refractivity contribution in [3.63, 3.8) is 0 Å². The Hall–Kier alpha value is -1.92. The van der Waals surface area contributed by atoms with Crippen molar-refractivity contribution >= 4 is 22.4 Å². The predicted molar refractivity (Wildman–Crippen MR) is 101 cm³/mol. The lowest BCUT2D eigenvalue weighted by Crippen LogP contribution is -2.45. The molecule has 1 aromatic heterocycles. The summed E-state index contributed by atoms with van der Waals surface area (Å²) >= 11 is 1.45. The average Bonchev–Trinajstić information content (AvgIpc) is 3.21. The number of fused-ring (bicyclic) bond motifs is 2. The molecule has 3 heterocycles. The van der Waals surface area contributed by atoms with Crippen molar-refractivity contribution in [3.8, 4) is 0 Å². The Balaban J connectivity index is 1.49. The first-order chi connectivity index (χ1) is 12.6. The van der Waals surface area contributed by atoms with Gasteiger partial charge < -0.3 is 9.64 Å². The molecule has 138 valence electrons. The van der Waals surface area contributed by atoms with E-state index < -0.39 is 0 Å². The van der Waals surface area contributed by atoms with Crippen molar-refractivity contribution in [2.45, 2.75) is 50.4 Å². The highest BCUT2D eigenvalue weighted by Gasteiger charge is 2.40. The van der Waals surface area contributed by atoms with Crippen LogP contribution in [0.1, 0.15) is 31.2 Å². The van der Waals surface area contributed by atoms with Crippen LogP contribution in [0, 0.1) is 5.82 Å². The fourth-order valence-corrected chi connectivity index (χ4v) is 4.84. The van der Waals surface area contributed by atoms with Crippen molar-refractivity contribution < 1.29 is 13.9 Å². The molecule has 2 saturated heterocycles. The summed E-state index contributed by atoms with van der Waals surface area (Å²) in [5.41, 5.74) is 0.487. The summed E-state index contributed by atoms with van der Waals surface area (Å²) in [6.07, 6.45) is 3.69. The van der Waals surface area contributed by atoms with Crippen LogP contribution in [-0.2, 0) is 11.3 Å². The molecule has 0 radical (unpaired) electrons. The highest BCUT2D eigenvalue weighted by molar-refractivity contribution is 7.14. The molecule has 0 N–H and O–H groups in total. The maximum absolute atomic E-state index is 14.1. The van der Waals surface area contributed by atoms with Crippen molar-refractivity contribution in [3.05, 3.63) is 53.2 Å². The number of ether oxygens (including phenoxy) is 1. The number of halogens is 1. The van der Waals surface area contributed by atoms with Crippen molar-refractivity contribution in [1.29, 1.82) is 0 Å². The number of benzene rings is 1. The minimum Gasteiger partial charge on any atom is -0.446 e. The number of carbonyl (C=O) groups is 1. The third kappa shape index (κ3) is 3.48. The normalized spacial score (nSPS) is 25.2. The molecule has 0 saturated carbocycles. The van der Waals surface area contributed by atoms with Crippen LogP contribution in [0.3, 0.4) is 0 Å². The topological polar surface area (TPSA) is 32.8 Å². The van der Waals surface area contributed by atoms with Gasteiger partial charge >= 0.3 is 6.09 Å². The van der Waals surface area contributed by atoms with Crippen molar-refractivity contribution in [2.75, 3.05) is 11.9 Å². The van der Waals surface area contributed by atoms with Crippen LogP contribution in [-0.4, -0.2) is 36.2 Å². The lowest BCUT2D eigenvalue weighted by atomic mass is 10.0. The first-order valence-corrected chi connectivity index (χ1v) is 9.97. The fraction of sp³-hybridized carbons (Fsp3) is 0.450. The molecule has 0 aliphatic carbocycles. The van der Waals surface area contributed by atoms with Crippen LogP contribution in [0.5, 0.6) is 0 Å². The number of hydrogen-bond donors (Lipinski definition) is 0. The summed E-state index contributed by atoms with van der Waals surface area (Å²) in [4.78, 5) is 16.9. The molecule has 2 bridgehead atoms. The summed E-state index contributed by atoms with van der Waals surface area (Å²) in [6.45, 7) is 0.172. The average molecular weight is 374 g/mol. The molecule has 1 unspecified atom stereocenters. The van der Waals surface area contributed by atoms with E-state index in [1.54, 1.807) is 23.1 Å². The van der Waals surface area contributed by atoms with Gasteiger partial charge in [-0.3, -0.25) is 4.90 Å². The number of carbonyl (C=O) groups excluding carboxylic acids is 1. The Labute approximate surface area is 157 Å². The standard InChI is InChI=1S/C20H23FN2O2S/c1-22-15-8-9-16(22)12-17(11-15)25-20(24)23(19-7-4-10-26-19)13-14-5-2-3-6-18(14)21/h2-7,10,15-17H,8-9,11-13H2,1H3/t15-,16+,17?. The maximum atomic E-state index is 14.1. The minimum absolute atomic E-state index is 0.0562. The Kier molecular flexibility index (Phi) is 4.96. The third-order valence-electron chi connectivity index (χ3n) is 5.60. The van der Waals surface area contributed by atoms with Gasteiger partial charge in [-0.2, -0.15) is 0 Å². The first-order valence-electron chi connectivity index (χ1n) is 9.09. The Bertz CT molecular complexity index is 753. The SMILES string of the molecule is CN1[C@@H]2CC[C@H]1CC(OC(=O)N(Cc1ccccc1F)c1cccs1)C2. The lowest BCUT2D eigenvalue weighted by Gasteiger charge is -2.36. The molecule has 0 spiro atoms. The van der Waals surface area contributed by atoms with E-state index in [9.17, 15) is 9.18 Å². The molecule has 4 nitrogen and oxygen atoms in total. The zero-order valence-electron chi connectivity index (χ0n) is 14.8. The van der Waals surface area contributed by atoms with Gasteiger partial charge in [-0.25, -0.2) is 9.18 Å². The number of rotatable bonds is 4. The molecule has 2 aromatic rings. The van der Waals surface area contributed by atoms with Crippen LogP contribution >= 0.6 is 11.3 Å². The van der Waals surface area contributed by atoms with Crippen LogP contribution in [0.25, 0.3) is 0 Å². The minimum atomic E-state index is -0.385. The number of piperidine rings is 1.